The highest BCUT2D eigenvalue weighted by Gasteiger charge is 2.38. The van der Waals surface area contributed by atoms with Gasteiger partial charge in [0.2, 0.25) is 11.8 Å². The zero-order chi connectivity index (χ0) is 20.9. The monoisotopic (exact) mass is 400 g/mol. The Morgan fingerprint density at radius 2 is 1.53 bits per heavy atom. The van der Waals surface area contributed by atoms with Crippen molar-refractivity contribution in [2.45, 2.75) is 19.4 Å². The molecule has 1 aliphatic heterocycles. The van der Waals surface area contributed by atoms with Gasteiger partial charge in [0.05, 0.1) is 6.04 Å². The van der Waals surface area contributed by atoms with E-state index in [1.54, 1.807) is 4.90 Å². The molecular formula is C25H24N2O3. The van der Waals surface area contributed by atoms with Crippen molar-refractivity contribution in [2.75, 3.05) is 11.4 Å². The minimum absolute atomic E-state index is 0.144. The van der Waals surface area contributed by atoms with Crippen molar-refractivity contribution in [3.63, 3.8) is 0 Å². The molecule has 1 N–H and O–H groups in total. The van der Waals surface area contributed by atoms with Crippen LogP contribution in [-0.4, -0.2) is 18.4 Å². The van der Waals surface area contributed by atoms with Crippen LogP contribution >= 0.6 is 0 Å². The molecule has 0 saturated carbocycles. The number of nitrogens with one attached hydrogen (secondary N) is 1. The van der Waals surface area contributed by atoms with Gasteiger partial charge in [0.15, 0.2) is 0 Å². The molecule has 2 amide bonds. The summed E-state index contributed by atoms with van der Waals surface area (Å²) in [6, 6.07) is 26.5. The predicted molar refractivity (Wildman–Crippen MR) is 116 cm³/mol. The third-order valence-corrected chi connectivity index (χ3v) is 5.31. The zero-order valence-electron chi connectivity index (χ0n) is 16.8. The van der Waals surface area contributed by atoms with Crippen molar-refractivity contribution >= 4 is 17.5 Å². The summed E-state index contributed by atoms with van der Waals surface area (Å²) in [4.78, 5) is 27.2. The van der Waals surface area contributed by atoms with E-state index in [0.717, 1.165) is 17.0 Å². The zero-order valence-corrected chi connectivity index (χ0v) is 16.8. The summed E-state index contributed by atoms with van der Waals surface area (Å²) in [5.41, 5.74) is 1.79. The van der Waals surface area contributed by atoms with Crippen LogP contribution in [0, 0.1) is 5.92 Å². The van der Waals surface area contributed by atoms with Crippen LogP contribution in [0.4, 0.5) is 5.69 Å². The van der Waals surface area contributed by atoms with Gasteiger partial charge < -0.3 is 15.0 Å². The van der Waals surface area contributed by atoms with Gasteiger partial charge in [-0.05, 0) is 55.3 Å². The Morgan fingerprint density at radius 1 is 0.933 bits per heavy atom. The highest BCUT2D eigenvalue weighted by molar-refractivity contribution is 6.09. The van der Waals surface area contributed by atoms with Gasteiger partial charge in [-0.3, -0.25) is 9.59 Å². The van der Waals surface area contributed by atoms with Crippen LogP contribution < -0.4 is 15.0 Å². The maximum atomic E-state index is 12.9. The van der Waals surface area contributed by atoms with E-state index < -0.39 is 5.92 Å². The van der Waals surface area contributed by atoms with E-state index in [4.69, 9.17) is 4.74 Å². The summed E-state index contributed by atoms with van der Waals surface area (Å²) in [6.45, 7) is 2.45. The van der Waals surface area contributed by atoms with Gasteiger partial charge in [-0.2, -0.15) is 0 Å². The number of carbonyl (C=O) groups excluding carboxylic acids is 2. The molecule has 1 fully saturated rings. The van der Waals surface area contributed by atoms with E-state index >= 15 is 0 Å². The van der Waals surface area contributed by atoms with Crippen LogP contribution in [0.1, 0.15) is 24.9 Å². The van der Waals surface area contributed by atoms with Crippen LogP contribution in [0.3, 0.4) is 0 Å². The number of anilines is 1. The van der Waals surface area contributed by atoms with E-state index in [1.165, 1.54) is 0 Å². The first-order chi connectivity index (χ1) is 14.6. The van der Waals surface area contributed by atoms with Crippen molar-refractivity contribution in [1.29, 1.82) is 0 Å². The third kappa shape index (κ3) is 4.35. The topological polar surface area (TPSA) is 58.6 Å². The van der Waals surface area contributed by atoms with Crippen molar-refractivity contribution in [3.8, 4) is 11.5 Å². The van der Waals surface area contributed by atoms with E-state index in [0.29, 0.717) is 18.7 Å². The molecule has 0 spiro atoms. The Bertz CT molecular complexity index is 1000. The summed E-state index contributed by atoms with van der Waals surface area (Å²) in [5, 5.41) is 2.97. The summed E-state index contributed by atoms with van der Waals surface area (Å²) in [5.74, 6) is 0.415. The first-order valence-corrected chi connectivity index (χ1v) is 10.1. The van der Waals surface area contributed by atoms with E-state index in [1.807, 2.05) is 91.9 Å². The molecular weight excluding hydrogens is 376 g/mol. The quantitative estimate of drug-likeness (QED) is 0.610. The Hall–Kier alpha value is -3.60. The van der Waals surface area contributed by atoms with Gasteiger partial charge >= 0.3 is 0 Å². The standard InChI is InChI=1S/C25H24N2O3/c1-18(19-8-4-2-5-9-19)26-24(28)23-16-17-27(25(23)29)20-12-14-22(15-13-20)30-21-10-6-3-7-11-21/h2-15,18,23H,16-17H2,1H3,(H,26,28)/t18-,23-/m1/s1. The summed E-state index contributed by atoms with van der Waals surface area (Å²) in [6.07, 6.45) is 0.508. The molecule has 1 heterocycles. The van der Waals surface area contributed by atoms with Crippen molar-refractivity contribution in [3.05, 3.63) is 90.5 Å². The fourth-order valence-electron chi connectivity index (χ4n) is 3.64. The smallest absolute Gasteiger partial charge is 0.239 e. The van der Waals surface area contributed by atoms with Crippen LogP contribution in [-0.2, 0) is 9.59 Å². The largest absolute Gasteiger partial charge is 0.457 e. The average Bonchev–Trinajstić information content (AvgIpc) is 3.17. The Morgan fingerprint density at radius 3 is 2.20 bits per heavy atom. The van der Waals surface area contributed by atoms with Crippen molar-refractivity contribution in [1.82, 2.24) is 5.32 Å². The summed E-state index contributed by atoms with van der Waals surface area (Å²) >= 11 is 0. The number of carbonyl (C=O) groups is 2. The van der Waals surface area contributed by atoms with Crippen LogP contribution in [0.2, 0.25) is 0 Å². The lowest BCUT2D eigenvalue weighted by Gasteiger charge is -2.19. The second kappa shape index (κ2) is 8.82. The second-order valence-electron chi connectivity index (χ2n) is 7.38. The number of para-hydroxylation sites is 1. The highest BCUT2D eigenvalue weighted by atomic mass is 16.5. The third-order valence-electron chi connectivity index (χ3n) is 5.31. The molecule has 4 rings (SSSR count). The Kier molecular flexibility index (Phi) is 5.80. The Balaban J connectivity index is 1.38. The number of rotatable bonds is 6. The molecule has 0 radical (unpaired) electrons. The molecule has 5 heteroatoms. The molecule has 0 unspecified atom stereocenters. The molecule has 0 bridgehead atoms. The molecule has 5 nitrogen and oxygen atoms in total. The lowest BCUT2D eigenvalue weighted by atomic mass is 10.0. The predicted octanol–water partition coefficient (Wildman–Crippen LogP) is 4.71. The first kappa shape index (κ1) is 19.7. The van der Waals surface area contributed by atoms with Gasteiger partial charge in [-0.25, -0.2) is 0 Å². The van der Waals surface area contributed by atoms with Crippen LogP contribution in [0.15, 0.2) is 84.9 Å². The molecule has 30 heavy (non-hydrogen) atoms. The van der Waals surface area contributed by atoms with Crippen LogP contribution in [0.5, 0.6) is 11.5 Å². The molecule has 1 saturated heterocycles. The number of hydrogen-bond donors (Lipinski definition) is 1. The normalized spacial score (nSPS) is 16.9. The molecule has 3 aromatic rings. The fraction of sp³-hybridized carbons (Fsp3) is 0.200. The molecule has 3 aromatic carbocycles. The lowest BCUT2D eigenvalue weighted by Crippen LogP contribution is -2.38. The number of nitrogens with zero attached hydrogens (tertiary/aromatic N) is 1. The van der Waals surface area contributed by atoms with Gasteiger partial charge in [0.1, 0.15) is 17.4 Å². The second-order valence-corrected chi connectivity index (χ2v) is 7.38. The van der Waals surface area contributed by atoms with Gasteiger partial charge in [-0.1, -0.05) is 48.5 Å². The van der Waals surface area contributed by atoms with Gasteiger partial charge in [-0.15, -0.1) is 0 Å². The molecule has 0 aliphatic carbocycles. The fourth-order valence-corrected chi connectivity index (χ4v) is 3.64. The SMILES string of the molecule is C[C@@H](NC(=O)[C@H]1CCN(c2ccc(Oc3ccccc3)cc2)C1=O)c1ccccc1. The molecule has 0 aromatic heterocycles. The molecule has 1 aliphatic rings. The van der Waals surface area contributed by atoms with Crippen molar-refractivity contribution in [2.24, 2.45) is 5.92 Å². The van der Waals surface area contributed by atoms with Crippen molar-refractivity contribution < 1.29 is 14.3 Å². The molecule has 152 valence electrons. The number of benzene rings is 3. The summed E-state index contributed by atoms with van der Waals surface area (Å²) < 4.78 is 5.80. The molecule has 2 atom stereocenters. The summed E-state index contributed by atoms with van der Waals surface area (Å²) in [7, 11) is 0. The van der Waals surface area contributed by atoms with Gasteiger partial charge in [0.25, 0.3) is 0 Å². The number of amides is 2. The first-order valence-electron chi connectivity index (χ1n) is 10.1. The van der Waals surface area contributed by atoms with Gasteiger partial charge in [0, 0.05) is 12.2 Å². The Labute approximate surface area is 176 Å². The minimum Gasteiger partial charge on any atom is -0.457 e. The van der Waals surface area contributed by atoms with E-state index in [9.17, 15) is 9.59 Å². The van der Waals surface area contributed by atoms with Crippen LogP contribution in [0.25, 0.3) is 0 Å². The van der Waals surface area contributed by atoms with E-state index in [-0.39, 0.29) is 17.9 Å². The lowest BCUT2D eigenvalue weighted by molar-refractivity contribution is -0.132. The minimum atomic E-state index is -0.656. The maximum absolute atomic E-state index is 12.9. The number of hydrogen-bond acceptors (Lipinski definition) is 3. The van der Waals surface area contributed by atoms with E-state index in [2.05, 4.69) is 5.32 Å². The average molecular weight is 400 g/mol. The highest BCUT2D eigenvalue weighted by Crippen LogP contribution is 2.29. The maximum Gasteiger partial charge on any atom is 0.239 e. The number of ether oxygens (including phenoxy) is 1.